The second-order valence-electron chi connectivity index (χ2n) is 7.19. The molecule has 1 aliphatic rings. The molecule has 0 N–H and O–H groups in total. The predicted molar refractivity (Wildman–Crippen MR) is 114 cm³/mol. The summed E-state index contributed by atoms with van der Waals surface area (Å²) < 4.78 is 10.8. The molecule has 2 amide bonds. The first-order valence-electron chi connectivity index (χ1n) is 9.89. The maximum Gasteiger partial charge on any atom is 0.329 e. The molecule has 6 nitrogen and oxygen atoms in total. The number of amides is 2. The fraction of sp³-hybridized carbons (Fsp3) is 0.160. The number of ether oxygens (including phenoxy) is 2. The molecule has 1 aliphatic heterocycles. The van der Waals surface area contributed by atoms with Gasteiger partial charge in [-0.15, -0.1) is 0 Å². The van der Waals surface area contributed by atoms with Crippen LogP contribution >= 0.6 is 0 Å². The minimum absolute atomic E-state index is 0.126. The molecular weight excluding hydrogens is 394 g/mol. The summed E-state index contributed by atoms with van der Waals surface area (Å²) in [4.78, 5) is 39.3. The normalized spacial score (nSPS) is 13.6. The maximum atomic E-state index is 12.9. The Kier molecular flexibility index (Phi) is 5.80. The van der Waals surface area contributed by atoms with E-state index in [0.29, 0.717) is 23.5 Å². The van der Waals surface area contributed by atoms with Crippen molar-refractivity contribution in [3.8, 4) is 5.75 Å². The van der Waals surface area contributed by atoms with E-state index in [9.17, 15) is 14.4 Å². The van der Waals surface area contributed by atoms with Crippen molar-refractivity contribution < 1.29 is 23.9 Å². The van der Waals surface area contributed by atoms with E-state index in [1.165, 1.54) is 7.11 Å². The van der Waals surface area contributed by atoms with Gasteiger partial charge in [-0.25, -0.2) is 4.79 Å². The summed E-state index contributed by atoms with van der Waals surface area (Å²) in [6.07, 6.45) is 0.126. The second kappa shape index (κ2) is 8.83. The van der Waals surface area contributed by atoms with Gasteiger partial charge in [-0.1, -0.05) is 54.6 Å². The van der Waals surface area contributed by atoms with E-state index >= 15 is 0 Å². The van der Waals surface area contributed by atoms with Gasteiger partial charge in [0.05, 0.1) is 18.2 Å². The first-order valence-corrected chi connectivity index (χ1v) is 9.89. The molecule has 4 rings (SSSR count). The Morgan fingerprint density at radius 2 is 1.45 bits per heavy atom. The zero-order chi connectivity index (χ0) is 21.8. The van der Waals surface area contributed by atoms with E-state index in [1.54, 1.807) is 30.3 Å². The molecule has 1 heterocycles. The molecule has 0 saturated heterocycles. The number of carbonyl (C=O) groups excluding carboxylic acids is 3. The number of hydrogen-bond acceptors (Lipinski definition) is 5. The van der Waals surface area contributed by atoms with Crippen molar-refractivity contribution in [3.63, 3.8) is 0 Å². The van der Waals surface area contributed by atoms with Crippen molar-refractivity contribution in [1.29, 1.82) is 0 Å². The van der Waals surface area contributed by atoms with Crippen molar-refractivity contribution in [3.05, 3.63) is 101 Å². The average Bonchev–Trinajstić information content (AvgIpc) is 3.07. The smallest absolute Gasteiger partial charge is 0.329 e. The zero-order valence-corrected chi connectivity index (χ0v) is 17.0. The van der Waals surface area contributed by atoms with E-state index in [2.05, 4.69) is 0 Å². The Morgan fingerprint density at radius 3 is 2.10 bits per heavy atom. The highest BCUT2D eigenvalue weighted by Crippen LogP contribution is 2.27. The average molecular weight is 415 g/mol. The van der Waals surface area contributed by atoms with Gasteiger partial charge in [0.1, 0.15) is 18.4 Å². The maximum absolute atomic E-state index is 12.9. The van der Waals surface area contributed by atoms with Gasteiger partial charge in [0, 0.05) is 6.42 Å². The Bertz CT molecular complexity index is 1090. The third-order valence-corrected chi connectivity index (χ3v) is 5.19. The van der Waals surface area contributed by atoms with Crippen LogP contribution in [-0.2, 0) is 22.6 Å². The summed E-state index contributed by atoms with van der Waals surface area (Å²) in [6, 6.07) is 22.5. The van der Waals surface area contributed by atoms with E-state index < -0.39 is 23.8 Å². The lowest BCUT2D eigenvalue weighted by Crippen LogP contribution is -2.46. The number of benzene rings is 3. The predicted octanol–water partition coefficient (Wildman–Crippen LogP) is 3.65. The lowest BCUT2D eigenvalue weighted by Gasteiger charge is -2.24. The molecule has 0 spiro atoms. The van der Waals surface area contributed by atoms with Crippen LogP contribution in [-0.4, -0.2) is 35.8 Å². The summed E-state index contributed by atoms with van der Waals surface area (Å²) in [7, 11) is 1.24. The minimum atomic E-state index is -1.07. The standard InChI is InChI=1S/C25H21NO5/c1-30-25(29)22(26-23(27)20-12-5-6-13-21(20)24(26)28)15-18-10-7-11-19(14-18)31-16-17-8-3-2-4-9-17/h2-14,22H,15-16H2,1H3. The van der Waals surface area contributed by atoms with Crippen LogP contribution in [0.3, 0.4) is 0 Å². The molecular formula is C25H21NO5. The molecule has 31 heavy (non-hydrogen) atoms. The molecule has 3 aromatic carbocycles. The van der Waals surface area contributed by atoms with Crippen LogP contribution in [0.4, 0.5) is 0 Å². The van der Waals surface area contributed by atoms with Gasteiger partial charge in [0.25, 0.3) is 11.8 Å². The van der Waals surface area contributed by atoms with Crippen molar-refractivity contribution in [2.24, 2.45) is 0 Å². The SMILES string of the molecule is COC(=O)C(Cc1cccc(OCc2ccccc2)c1)N1C(=O)c2ccccc2C1=O. The Morgan fingerprint density at radius 1 is 0.839 bits per heavy atom. The van der Waals surface area contributed by atoms with E-state index in [1.807, 2.05) is 48.5 Å². The second-order valence-corrected chi connectivity index (χ2v) is 7.19. The molecule has 0 saturated carbocycles. The van der Waals surface area contributed by atoms with Gasteiger partial charge in [-0.2, -0.15) is 0 Å². The fourth-order valence-corrected chi connectivity index (χ4v) is 3.63. The number of nitrogens with zero attached hydrogens (tertiary/aromatic N) is 1. The highest BCUT2D eigenvalue weighted by Gasteiger charge is 2.43. The van der Waals surface area contributed by atoms with E-state index in [0.717, 1.165) is 16.0 Å². The summed E-state index contributed by atoms with van der Waals surface area (Å²) in [6.45, 7) is 0.406. The Hall–Kier alpha value is -3.93. The molecule has 6 heteroatoms. The van der Waals surface area contributed by atoms with Crippen molar-refractivity contribution >= 4 is 17.8 Å². The monoisotopic (exact) mass is 415 g/mol. The van der Waals surface area contributed by atoms with Gasteiger partial charge in [0.2, 0.25) is 0 Å². The molecule has 0 aromatic heterocycles. The van der Waals surface area contributed by atoms with Crippen molar-refractivity contribution in [1.82, 2.24) is 4.90 Å². The van der Waals surface area contributed by atoms with Crippen LogP contribution in [0.1, 0.15) is 31.8 Å². The van der Waals surface area contributed by atoms with Crippen LogP contribution in [0.15, 0.2) is 78.9 Å². The lowest BCUT2D eigenvalue weighted by atomic mass is 10.0. The molecule has 0 aliphatic carbocycles. The Labute approximate surface area is 180 Å². The zero-order valence-electron chi connectivity index (χ0n) is 17.0. The highest BCUT2D eigenvalue weighted by molar-refractivity contribution is 6.22. The number of fused-ring (bicyclic) bond motifs is 1. The topological polar surface area (TPSA) is 72.9 Å². The summed E-state index contributed by atoms with van der Waals surface area (Å²) >= 11 is 0. The van der Waals surface area contributed by atoms with Crippen LogP contribution < -0.4 is 4.74 Å². The van der Waals surface area contributed by atoms with Gasteiger partial charge < -0.3 is 9.47 Å². The summed E-state index contributed by atoms with van der Waals surface area (Å²) in [5.41, 5.74) is 2.37. The molecule has 0 bridgehead atoms. The first-order chi connectivity index (χ1) is 15.1. The molecule has 3 aromatic rings. The highest BCUT2D eigenvalue weighted by atomic mass is 16.5. The number of imide groups is 1. The molecule has 156 valence electrons. The van der Waals surface area contributed by atoms with Crippen LogP contribution in [0, 0.1) is 0 Å². The van der Waals surface area contributed by atoms with Crippen LogP contribution in [0.5, 0.6) is 5.75 Å². The first kappa shape index (κ1) is 20.3. The summed E-state index contributed by atoms with van der Waals surface area (Å²) in [5, 5.41) is 0. The molecule has 1 unspecified atom stereocenters. The van der Waals surface area contributed by atoms with Gasteiger partial charge >= 0.3 is 5.97 Å². The molecule has 0 radical (unpaired) electrons. The minimum Gasteiger partial charge on any atom is -0.489 e. The van der Waals surface area contributed by atoms with Gasteiger partial charge in [0.15, 0.2) is 0 Å². The fourth-order valence-electron chi connectivity index (χ4n) is 3.63. The largest absolute Gasteiger partial charge is 0.489 e. The van der Waals surface area contributed by atoms with E-state index in [4.69, 9.17) is 9.47 Å². The number of methoxy groups -OCH3 is 1. The number of rotatable bonds is 7. The van der Waals surface area contributed by atoms with E-state index in [-0.39, 0.29) is 6.42 Å². The quantitative estimate of drug-likeness (QED) is 0.435. The third kappa shape index (κ3) is 4.19. The summed E-state index contributed by atoms with van der Waals surface area (Å²) in [5.74, 6) is -1.00. The van der Waals surface area contributed by atoms with Crippen LogP contribution in [0.2, 0.25) is 0 Å². The van der Waals surface area contributed by atoms with Crippen molar-refractivity contribution in [2.75, 3.05) is 7.11 Å². The van der Waals surface area contributed by atoms with Crippen LogP contribution in [0.25, 0.3) is 0 Å². The third-order valence-electron chi connectivity index (χ3n) is 5.19. The lowest BCUT2D eigenvalue weighted by molar-refractivity contribution is -0.145. The van der Waals surface area contributed by atoms with Gasteiger partial charge in [-0.05, 0) is 35.4 Å². The number of carbonyl (C=O) groups is 3. The number of esters is 1. The van der Waals surface area contributed by atoms with Gasteiger partial charge in [-0.3, -0.25) is 14.5 Å². The number of hydrogen-bond donors (Lipinski definition) is 0. The van der Waals surface area contributed by atoms with Crippen molar-refractivity contribution in [2.45, 2.75) is 19.1 Å². The Balaban J connectivity index is 1.55. The molecule has 0 fully saturated rings. The molecule has 1 atom stereocenters.